The van der Waals surface area contributed by atoms with Crippen LogP contribution in [0.3, 0.4) is 0 Å². The van der Waals surface area contributed by atoms with Crippen LogP contribution in [0, 0.1) is 0 Å². The van der Waals surface area contributed by atoms with E-state index in [1.54, 1.807) is 20.8 Å². The van der Waals surface area contributed by atoms with Crippen LogP contribution in [-0.2, 0) is 23.9 Å². The summed E-state index contributed by atoms with van der Waals surface area (Å²) in [5.74, 6) is -1.31. The molecule has 0 spiro atoms. The van der Waals surface area contributed by atoms with Crippen molar-refractivity contribution in [2.75, 3.05) is 7.11 Å². The van der Waals surface area contributed by atoms with Crippen LogP contribution in [-0.4, -0.2) is 37.1 Å². The van der Waals surface area contributed by atoms with Gasteiger partial charge in [0.1, 0.15) is 11.6 Å². The largest absolute Gasteiger partial charge is 0.467 e. The van der Waals surface area contributed by atoms with E-state index >= 15 is 0 Å². The Morgan fingerprint density at radius 3 is 2.31 bits per heavy atom. The van der Waals surface area contributed by atoms with Gasteiger partial charge in [-0.25, -0.2) is 4.79 Å². The highest BCUT2D eigenvalue weighted by Crippen LogP contribution is 2.09. The van der Waals surface area contributed by atoms with E-state index in [4.69, 9.17) is 4.74 Å². The third-order valence-electron chi connectivity index (χ3n) is 1.51. The van der Waals surface area contributed by atoms with Gasteiger partial charge in [0.05, 0.1) is 13.5 Å². The maximum Gasteiger partial charge on any atom is 0.328 e. The molecule has 0 fully saturated rings. The molecule has 91 valence electrons. The molecule has 1 atom stereocenters. The lowest BCUT2D eigenvalue weighted by atomic mass is 10.1. The first-order chi connectivity index (χ1) is 7.30. The Kier molecular flexibility index (Phi) is 5.49. The number of hydrogen-bond donors (Lipinski definition) is 1. The predicted octanol–water partition coefficient (Wildman–Crippen LogP) is -0.0834. The summed E-state index contributed by atoms with van der Waals surface area (Å²) < 4.78 is 9.40. The van der Waals surface area contributed by atoms with Gasteiger partial charge in [-0.1, -0.05) is 0 Å². The molecule has 0 saturated carbocycles. The fourth-order valence-electron chi connectivity index (χ4n) is 0.957. The lowest BCUT2D eigenvalue weighted by Crippen LogP contribution is -2.40. The molecule has 1 radical (unpaired) electrons. The van der Waals surface area contributed by atoms with E-state index in [-0.39, 0.29) is 6.42 Å². The van der Waals surface area contributed by atoms with Crippen LogP contribution in [0.1, 0.15) is 27.2 Å². The van der Waals surface area contributed by atoms with Crippen molar-refractivity contribution in [1.29, 1.82) is 0 Å². The second-order valence-electron chi connectivity index (χ2n) is 4.11. The molecule has 0 rings (SSSR count). The number of carbonyl (C=O) groups is 2. The molecule has 0 bridgehead atoms. The number of carbonyl (C=O) groups excluding carboxylic acids is 3. The Balaban J connectivity index is 4.34. The lowest BCUT2D eigenvalue weighted by Gasteiger charge is -2.21. The quantitative estimate of drug-likeness (QED) is 0.527. The van der Waals surface area contributed by atoms with Gasteiger partial charge < -0.3 is 14.8 Å². The van der Waals surface area contributed by atoms with Crippen LogP contribution < -0.4 is 5.32 Å². The summed E-state index contributed by atoms with van der Waals surface area (Å²) >= 11 is 0. The zero-order valence-corrected chi connectivity index (χ0v) is 9.83. The Bertz CT molecular complexity index is 269. The smallest absolute Gasteiger partial charge is 0.328 e. The minimum atomic E-state index is -1.06. The van der Waals surface area contributed by atoms with Crippen LogP contribution in [0.5, 0.6) is 0 Å². The van der Waals surface area contributed by atoms with Crippen molar-refractivity contribution in [3.05, 3.63) is 0 Å². The average Bonchev–Trinajstić information content (AvgIpc) is 2.13. The van der Waals surface area contributed by atoms with Gasteiger partial charge in [-0.3, -0.25) is 9.59 Å². The normalized spacial score (nSPS) is 12.5. The molecule has 0 aromatic rings. The summed E-state index contributed by atoms with van der Waals surface area (Å²) in [7, 11) is 1.16. The lowest BCUT2D eigenvalue weighted by molar-refractivity contribution is -0.158. The predicted molar refractivity (Wildman–Crippen MR) is 55.1 cm³/mol. The van der Waals surface area contributed by atoms with E-state index in [0.717, 1.165) is 7.11 Å². The topological polar surface area (TPSA) is 81.7 Å². The Morgan fingerprint density at radius 2 is 1.94 bits per heavy atom. The molecule has 0 aliphatic carbocycles. The summed E-state index contributed by atoms with van der Waals surface area (Å²) in [6, 6.07) is -1.06. The van der Waals surface area contributed by atoms with E-state index in [2.05, 4.69) is 10.1 Å². The van der Waals surface area contributed by atoms with Crippen molar-refractivity contribution >= 4 is 18.3 Å². The van der Waals surface area contributed by atoms with Gasteiger partial charge in [0.2, 0.25) is 0 Å². The van der Waals surface area contributed by atoms with Gasteiger partial charge in [-0.15, -0.1) is 0 Å². The second-order valence-corrected chi connectivity index (χ2v) is 4.11. The van der Waals surface area contributed by atoms with Crippen LogP contribution in [0.25, 0.3) is 0 Å². The standard InChI is InChI=1S/C10H16NO5/c1-10(2,3)16-8(13)5-7(11-6-12)9(14)15-4/h7H,5H2,1-4H3,(H,11,12). The minimum Gasteiger partial charge on any atom is -0.467 e. The molecule has 0 aliphatic rings. The molecular formula is C10H16NO5. The molecule has 0 heterocycles. The summed E-state index contributed by atoms with van der Waals surface area (Å²) in [6.45, 7) is 5.12. The fourth-order valence-corrected chi connectivity index (χ4v) is 0.957. The van der Waals surface area contributed by atoms with Gasteiger partial charge >= 0.3 is 18.3 Å². The fraction of sp³-hybridized carbons (Fsp3) is 0.700. The summed E-state index contributed by atoms with van der Waals surface area (Å²) in [5.41, 5.74) is -0.636. The molecule has 6 nitrogen and oxygen atoms in total. The van der Waals surface area contributed by atoms with Crippen molar-refractivity contribution in [3.63, 3.8) is 0 Å². The van der Waals surface area contributed by atoms with Gasteiger partial charge in [0.15, 0.2) is 0 Å². The number of amides is 1. The zero-order valence-electron chi connectivity index (χ0n) is 9.83. The Labute approximate surface area is 94.3 Å². The number of ether oxygens (including phenoxy) is 2. The van der Waals surface area contributed by atoms with Gasteiger partial charge in [-0.05, 0) is 20.8 Å². The Morgan fingerprint density at radius 1 is 1.38 bits per heavy atom. The van der Waals surface area contributed by atoms with E-state index < -0.39 is 23.6 Å². The van der Waals surface area contributed by atoms with Gasteiger partial charge in [-0.2, -0.15) is 0 Å². The third-order valence-corrected chi connectivity index (χ3v) is 1.51. The van der Waals surface area contributed by atoms with Crippen LogP contribution >= 0.6 is 0 Å². The molecular weight excluding hydrogens is 214 g/mol. The monoisotopic (exact) mass is 230 g/mol. The van der Waals surface area contributed by atoms with Crippen molar-refractivity contribution in [2.24, 2.45) is 0 Å². The van der Waals surface area contributed by atoms with E-state index in [1.807, 2.05) is 0 Å². The first-order valence-electron chi connectivity index (χ1n) is 4.72. The maximum atomic E-state index is 11.4. The molecule has 0 saturated heterocycles. The van der Waals surface area contributed by atoms with Crippen molar-refractivity contribution in [1.82, 2.24) is 5.32 Å². The van der Waals surface area contributed by atoms with Crippen LogP contribution in [0.2, 0.25) is 0 Å². The molecule has 0 aromatic carbocycles. The zero-order chi connectivity index (χ0) is 12.8. The summed E-state index contributed by atoms with van der Waals surface area (Å²) in [6.07, 6.45) is 1.06. The molecule has 6 heteroatoms. The molecule has 1 unspecified atom stereocenters. The minimum absolute atomic E-state index is 0.279. The summed E-state index contributed by atoms with van der Waals surface area (Å²) in [5, 5.41) is 2.07. The number of methoxy groups -OCH3 is 1. The SMILES string of the molecule is COC(=O)C(CC(=O)OC(C)(C)C)N[C]=O. The van der Waals surface area contributed by atoms with Crippen molar-refractivity contribution < 1.29 is 23.9 Å². The van der Waals surface area contributed by atoms with Crippen molar-refractivity contribution in [3.8, 4) is 0 Å². The molecule has 0 aliphatic heterocycles. The number of esters is 2. The van der Waals surface area contributed by atoms with Crippen molar-refractivity contribution in [2.45, 2.75) is 38.8 Å². The highest BCUT2D eigenvalue weighted by atomic mass is 16.6. The first kappa shape index (κ1) is 14.4. The number of nitrogens with one attached hydrogen (secondary N) is 1. The number of rotatable bonds is 5. The third kappa shape index (κ3) is 6.00. The Hall–Kier alpha value is -1.59. The molecule has 16 heavy (non-hydrogen) atoms. The van der Waals surface area contributed by atoms with E-state index in [0.29, 0.717) is 0 Å². The average molecular weight is 230 g/mol. The van der Waals surface area contributed by atoms with Crippen LogP contribution in [0.4, 0.5) is 0 Å². The van der Waals surface area contributed by atoms with Crippen LogP contribution in [0.15, 0.2) is 0 Å². The van der Waals surface area contributed by atoms with E-state index in [9.17, 15) is 14.4 Å². The molecule has 1 N–H and O–H groups in total. The van der Waals surface area contributed by atoms with Gasteiger partial charge in [0.25, 0.3) is 0 Å². The highest BCUT2D eigenvalue weighted by molar-refractivity contribution is 5.84. The molecule has 0 aromatic heterocycles. The summed E-state index contributed by atoms with van der Waals surface area (Å²) in [4.78, 5) is 32.6. The van der Waals surface area contributed by atoms with Gasteiger partial charge in [0, 0.05) is 0 Å². The maximum absolute atomic E-state index is 11.4. The highest BCUT2D eigenvalue weighted by Gasteiger charge is 2.25. The second kappa shape index (κ2) is 6.09. The molecule has 1 amide bonds. The first-order valence-corrected chi connectivity index (χ1v) is 4.72. The number of hydrogen-bond acceptors (Lipinski definition) is 5. The van der Waals surface area contributed by atoms with E-state index in [1.165, 1.54) is 6.41 Å².